The third kappa shape index (κ3) is 7.27. The van der Waals surface area contributed by atoms with Crippen molar-refractivity contribution < 1.29 is 27.8 Å². The van der Waals surface area contributed by atoms with Crippen LogP contribution in [0.15, 0.2) is 77.7 Å². The number of hydrogen-bond acceptors (Lipinski definition) is 6. The molecule has 0 spiro atoms. The number of ether oxygens (including phenoxy) is 2. The number of likely N-dealkylation sites (N-methyl/N-ethyl adjacent to an activating group) is 1. The van der Waals surface area contributed by atoms with Crippen molar-refractivity contribution in [3.8, 4) is 11.5 Å². The van der Waals surface area contributed by atoms with E-state index in [1.165, 1.54) is 9.21 Å². The molecule has 0 radical (unpaired) electrons. The monoisotopic (exact) mass is 579 g/mol. The summed E-state index contributed by atoms with van der Waals surface area (Å²) >= 11 is 0. The van der Waals surface area contributed by atoms with E-state index in [1.807, 2.05) is 49.4 Å². The highest BCUT2D eigenvalue weighted by Crippen LogP contribution is 2.34. The molecule has 0 saturated heterocycles. The molecule has 10 heteroatoms. The van der Waals surface area contributed by atoms with E-state index in [0.717, 1.165) is 11.1 Å². The average Bonchev–Trinajstić information content (AvgIpc) is 2.97. The van der Waals surface area contributed by atoms with Crippen LogP contribution in [0.2, 0.25) is 0 Å². The molecule has 2 amide bonds. The summed E-state index contributed by atoms with van der Waals surface area (Å²) < 4.78 is 40.4. The Balaban J connectivity index is 1.64. The van der Waals surface area contributed by atoms with Gasteiger partial charge in [-0.25, -0.2) is 13.2 Å². The minimum Gasteiger partial charge on any atom is -0.497 e. The summed E-state index contributed by atoms with van der Waals surface area (Å²) in [6, 6.07) is 20.8. The number of nitrogens with zero attached hydrogens (tertiary/aromatic N) is 2. The van der Waals surface area contributed by atoms with Gasteiger partial charge in [-0.3, -0.25) is 0 Å². The van der Waals surface area contributed by atoms with Gasteiger partial charge in [0.25, 0.3) is 0 Å². The Morgan fingerprint density at radius 1 is 1.12 bits per heavy atom. The summed E-state index contributed by atoms with van der Waals surface area (Å²) in [6.45, 7) is 3.55. The van der Waals surface area contributed by atoms with Crippen molar-refractivity contribution in [2.24, 2.45) is 5.92 Å². The fraction of sp³-hybridized carbons (Fsp3) is 0.323. The molecule has 218 valence electrons. The molecular formula is C31H37N3O6S. The lowest BCUT2D eigenvalue weighted by Crippen LogP contribution is -2.50. The van der Waals surface area contributed by atoms with Crippen LogP contribution in [0.4, 0.5) is 10.5 Å². The number of urea groups is 1. The zero-order valence-electron chi connectivity index (χ0n) is 23.7. The third-order valence-corrected chi connectivity index (χ3v) is 9.10. The number of methoxy groups -OCH3 is 1. The van der Waals surface area contributed by atoms with Gasteiger partial charge in [0.15, 0.2) is 0 Å². The van der Waals surface area contributed by atoms with Crippen LogP contribution in [0.3, 0.4) is 0 Å². The van der Waals surface area contributed by atoms with Crippen LogP contribution in [-0.2, 0) is 10.0 Å². The van der Waals surface area contributed by atoms with E-state index >= 15 is 0 Å². The van der Waals surface area contributed by atoms with E-state index in [1.54, 1.807) is 63.5 Å². The lowest BCUT2D eigenvalue weighted by atomic mass is 10.0. The highest BCUT2D eigenvalue weighted by molar-refractivity contribution is 7.89. The first-order valence-corrected chi connectivity index (χ1v) is 14.9. The molecule has 0 aliphatic carbocycles. The van der Waals surface area contributed by atoms with Crippen LogP contribution in [0, 0.1) is 5.92 Å². The highest BCUT2D eigenvalue weighted by Gasteiger charge is 2.38. The molecule has 3 aromatic carbocycles. The normalized spacial score (nSPS) is 19.3. The maximum absolute atomic E-state index is 13.7. The highest BCUT2D eigenvalue weighted by atomic mass is 32.2. The van der Waals surface area contributed by atoms with Crippen molar-refractivity contribution in [3.05, 3.63) is 83.9 Å². The van der Waals surface area contributed by atoms with Gasteiger partial charge in [0.05, 0.1) is 20.3 Å². The summed E-state index contributed by atoms with van der Waals surface area (Å²) in [7, 11) is -0.747. The second-order valence-corrected chi connectivity index (χ2v) is 12.1. The van der Waals surface area contributed by atoms with Crippen molar-refractivity contribution in [2.45, 2.75) is 30.9 Å². The van der Waals surface area contributed by atoms with Crippen LogP contribution < -0.4 is 14.8 Å². The second kappa shape index (κ2) is 13.2. The fourth-order valence-corrected chi connectivity index (χ4v) is 6.42. The van der Waals surface area contributed by atoms with E-state index in [4.69, 9.17) is 9.47 Å². The Kier molecular flexibility index (Phi) is 9.69. The van der Waals surface area contributed by atoms with Crippen molar-refractivity contribution in [3.63, 3.8) is 0 Å². The van der Waals surface area contributed by atoms with Gasteiger partial charge in [0, 0.05) is 37.3 Å². The third-order valence-electron chi connectivity index (χ3n) is 7.08. The molecule has 3 atom stereocenters. The number of sulfonamides is 1. The number of rotatable bonds is 8. The molecule has 0 bridgehead atoms. The van der Waals surface area contributed by atoms with E-state index in [0.29, 0.717) is 11.4 Å². The fourth-order valence-electron chi connectivity index (χ4n) is 4.59. The molecule has 1 heterocycles. The standard InChI is InChI=1S/C31H37N3O6S/c1-22-19-34(23(2)21-35)41(37,38)30-16-15-25(14-13-24-9-6-5-7-10-24)17-28(30)40-29(22)20-33(3)31(36)32-26-11-8-12-27(18-26)39-4/h5-18,22-23,29,35H,19-21H2,1-4H3,(H,32,36)/b14-13+/t22-,23-,29+/m0/s1. The van der Waals surface area contributed by atoms with Crippen molar-refractivity contribution in [2.75, 3.05) is 39.2 Å². The lowest BCUT2D eigenvalue weighted by Gasteiger charge is -2.37. The predicted molar refractivity (Wildman–Crippen MR) is 160 cm³/mol. The Morgan fingerprint density at radius 2 is 1.85 bits per heavy atom. The van der Waals surface area contributed by atoms with E-state index < -0.39 is 22.2 Å². The number of carbonyl (C=O) groups is 1. The number of benzene rings is 3. The quantitative estimate of drug-likeness (QED) is 0.371. The van der Waals surface area contributed by atoms with Crippen molar-refractivity contribution in [1.29, 1.82) is 0 Å². The van der Waals surface area contributed by atoms with Crippen molar-refractivity contribution >= 4 is 33.9 Å². The number of nitrogens with one attached hydrogen (secondary N) is 1. The molecule has 4 rings (SSSR count). The molecule has 3 aromatic rings. The molecule has 1 aliphatic rings. The lowest BCUT2D eigenvalue weighted by molar-refractivity contribution is 0.0830. The van der Waals surface area contributed by atoms with Gasteiger partial charge in [0.2, 0.25) is 10.0 Å². The number of amides is 2. The van der Waals surface area contributed by atoms with Crippen LogP contribution in [0.5, 0.6) is 11.5 Å². The van der Waals surface area contributed by atoms with Gasteiger partial charge in [-0.05, 0) is 42.3 Å². The van der Waals surface area contributed by atoms with E-state index in [2.05, 4.69) is 5.32 Å². The molecule has 0 saturated carbocycles. The van der Waals surface area contributed by atoms with Gasteiger partial charge in [0.1, 0.15) is 22.5 Å². The summed E-state index contributed by atoms with van der Waals surface area (Å²) in [5.41, 5.74) is 2.36. The smallest absolute Gasteiger partial charge is 0.321 e. The first-order valence-electron chi connectivity index (χ1n) is 13.4. The molecular weight excluding hydrogens is 542 g/mol. The number of carbonyl (C=O) groups excluding carboxylic acids is 1. The zero-order valence-corrected chi connectivity index (χ0v) is 24.5. The Bertz CT molecular complexity index is 1480. The second-order valence-electron chi connectivity index (χ2n) is 10.2. The summed E-state index contributed by atoms with van der Waals surface area (Å²) in [6.07, 6.45) is 3.30. The Morgan fingerprint density at radius 3 is 2.56 bits per heavy atom. The van der Waals surface area contributed by atoms with E-state index in [-0.39, 0.29) is 42.3 Å². The number of fused-ring (bicyclic) bond motifs is 1. The molecule has 41 heavy (non-hydrogen) atoms. The zero-order chi connectivity index (χ0) is 29.6. The molecule has 1 aliphatic heterocycles. The van der Waals surface area contributed by atoms with E-state index in [9.17, 15) is 18.3 Å². The maximum atomic E-state index is 13.7. The maximum Gasteiger partial charge on any atom is 0.321 e. The molecule has 0 aromatic heterocycles. The number of hydrogen-bond donors (Lipinski definition) is 2. The molecule has 0 unspecified atom stereocenters. The van der Waals surface area contributed by atoms with Crippen LogP contribution in [0.1, 0.15) is 25.0 Å². The van der Waals surface area contributed by atoms with Gasteiger partial charge in [-0.1, -0.05) is 61.5 Å². The van der Waals surface area contributed by atoms with Crippen LogP contribution in [0.25, 0.3) is 12.2 Å². The number of aliphatic hydroxyl groups excluding tert-OH is 1. The first-order chi connectivity index (χ1) is 19.6. The van der Waals surface area contributed by atoms with Crippen molar-refractivity contribution in [1.82, 2.24) is 9.21 Å². The van der Waals surface area contributed by atoms with Gasteiger partial charge >= 0.3 is 6.03 Å². The number of anilines is 1. The predicted octanol–water partition coefficient (Wildman–Crippen LogP) is 4.80. The van der Waals surface area contributed by atoms with Crippen LogP contribution >= 0.6 is 0 Å². The summed E-state index contributed by atoms with van der Waals surface area (Å²) in [5.74, 6) is 0.520. The average molecular weight is 580 g/mol. The molecule has 9 nitrogen and oxygen atoms in total. The minimum absolute atomic E-state index is 0.0232. The molecule has 2 N–H and O–H groups in total. The Labute approximate surface area is 242 Å². The summed E-state index contributed by atoms with van der Waals surface area (Å²) in [4.78, 5) is 14.6. The topological polar surface area (TPSA) is 108 Å². The van der Waals surface area contributed by atoms with Crippen LogP contribution in [-0.4, -0.2) is 74.8 Å². The first kappa shape index (κ1) is 30.1. The SMILES string of the molecule is COc1cccc(NC(=O)N(C)C[C@H]2Oc3cc(/C=C/c4ccccc4)ccc3S(=O)(=O)N([C@@H](C)CO)C[C@@H]2C)c1. The Hall–Kier alpha value is -3.86. The van der Waals surface area contributed by atoms with Gasteiger partial charge < -0.3 is 24.8 Å². The summed E-state index contributed by atoms with van der Waals surface area (Å²) in [5, 5.41) is 12.7. The number of aliphatic hydroxyl groups is 1. The van der Waals surface area contributed by atoms with Gasteiger partial charge in [-0.15, -0.1) is 0 Å². The van der Waals surface area contributed by atoms with Gasteiger partial charge in [-0.2, -0.15) is 4.31 Å². The molecule has 0 fully saturated rings. The minimum atomic E-state index is -3.97. The largest absolute Gasteiger partial charge is 0.497 e.